The van der Waals surface area contributed by atoms with Crippen LogP contribution in [0.3, 0.4) is 0 Å². The molecule has 0 spiro atoms. The zero-order valence-corrected chi connectivity index (χ0v) is 12.9. The number of morpholine rings is 1. The number of Topliss-reactive ketones (excluding diaryl/α,β-unsaturated/α-hetero) is 1. The number of carbonyl (C=O) groups excluding carboxylic acids is 1. The van der Waals surface area contributed by atoms with Crippen LogP contribution in [0.5, 0.6) is 0 Å². The molecule has 3 rings (SSSR count). The summed E-state index contributed by atoms with van der Waals surface area (Å²) in [5, 5.41) is 0. The Hall–Kier alpha value is -1.24. The molecule has 5 nitrogen and oxygen atoms in total. The number of ether oxygens (including phenoxy) is 1. The monoisotopic (exact) mass is 309 g/mol. The first-order valence-electron chi connectivity index (χ1n) is 7.23. The summed E-state index contributed by atoms with van der Waals surface area (Å²) in [4.78, 5) is 12.4. The maximum absolute atomic E-state index is 12.7. The summed E-state index contributed by atoms with van der Waals surface area (Å²) in [6, 6.07) is 5.00. The van der Waals surface area contributed by atoms with Crippen LogP contribution < -0.4 is 0 Å². The van der Waals surface area contributed by atoms with E-state index in [1.54, 1.807) is 25.1 Å². The van der Waals surface area contributed by atoms with Gasteiger partial charge < -0.3 is 4.74 Å². The van der Waals surface area contributed by atoms with E-state index in [1.165, 1.54) is 4.31 Å². The predicted octanol–water partition coefficient (Wildman–Crippen LogP) is 1.61. The van der Waals surface area contributed by atoms with Crippen molar-refractivity contribution in [1.82, 2.24) is 4.31 Å². The number of sulfonamides is 1. The molecule has 1 saturated heterocycles. The zero-order chi connectivity index (χ0) is 15.0. The molecule has 2 fully saturated rings. The summed E-state index contributed by atoms with van der Waals surface area (Å²) in [6.45, 7) is 3.32. The molecule has 114 valence electrons. The molecule has 0 aromatic heterocycles. The predicted molar refractivity (Wildman–Crippen MR) is 77.8 cm³/mol. The summed E-state index contributed by atoms with van der Waals surface area (Å²) >= 11 is 0. The molecule has 1 aromatic carbocycles. The van der Waals surface area contributed by atoms with E-state index in [4.69, 9.17) is 4.74 Å². The van der Waals surface area contributed by atoms with Crippen LogP contribution in [-0.4, -0.2) is 44.8 Å². The number of ketones is 1. The lowest BCUT2D eigenvalue weighted by Gasteiger charge is -2.26. The molecule has 1 heterocycles. The fourth-order valence-electron chi connectivity index (χ4n) is 2.54. The van der Waals surface area contributed by atoms with E-state index in [1.807, 2.05) is 0 Å². The number of benzene rings is 1. The van der Waals surface area contributed by atoms with Gasteiger partial charge in [0.15, 0.2) is 5.78 Å². The van der Waals surface area contributed by atoms with Crippen molar-refractivity contribution in [2.24, 2.45) is 5.92 Å². The molecule has 0 atom stereocenters. The Kier molecular flexibility index (Phi) is 3.86. The average Bonchev–Trinajstić information content (AvgIpc) is 3.32. The zero-order valence-electron chi connectivity index (χ0n) is 12.0. The van der Waals surface area contributed by atoms with Crippen LogP contribution in [0.25, 0.3) is 0 Å². The molecule has 6 heteroatoms. The lowest BCUT2D eigenvalue weighted by molar-refractivity contribution is 0.0730. The summed E-state index contributed by atoms with van der Waals surface area (Å²) in [7, 11) is -3.55. The second-order valence-corrected chi connectivity index (χ2v) is 7.54. The minimum absolute atomic E-state index is 0.0634. The largest absolute Gasteiger partial charge is 0.379 e. The number of rotatable bonds is 4. The molecule has 0 radical (unpaired) electrons. The van der Waals surface area contributed by atoms with E-state index in [2.05, 4.69) is 0 Å². The smallest absolute Gasteiger partial charge is 0.243 e. The number of nitrogens with zero attached hydrogens (tertiary/aromatic N) is 1. The molecule has 0 bridgehead atoms. The summed E-state index contributed by atoms with van der Waals surface area (Å²) < 4.78 is 32.1. The summed E-state index contributed by atoms with van der Waals surface area (Å²) in [5.41, 5.74) is 1.18. The van der Waals surface area contributed by atoms with Crippen LogP contribution in [0.4, 0.5) is 0 Å². The van der Waals surface area contributed by atoms with Gasteiger partial charge in [-0.3, -0.25) is 4.79 Å². The molecule has 1 aliphatic heterocycles. The van der Waals surface area contributed by atoms with E-state index in [0.29, 0.717) is 37.4 Å². The van der Waals surface area contributed by atoms with E-state index in [9.17, 15) is 13.2 Å². The fourth-order valence-corrected chi connectivity index (χ4v) is 4.20. The van der Waals surface area contributed by atoms with Gasteiger partial charge in [-0.1, -0.05) is 12.1 Å². The third-order valence-electron chi connectivity index (χ3n) is 4.01. The van der Waals surface area contributed by atoms with Gasteiger partial charge in [0, 0.05) is 24.6 Å². The second kappa shape index (κ2) is 5.51. The highest BCUT2D eigenvalue weighted by Crippen LogP contribution is 2.33. The molecule has 1 aromatic rings. The molecular formula is C15H19NO4S. The summed E-state index contributed by atoms with van der Waals surface area (Å²) in [5.74, 6) is 0.153. The van der Waals surface area contributed by atoms with Crippen molar-refractivity contribution in [3.05, 3.63) is 29.3 Å². The first-order chi connectivity index (χ1) is 10.00. The standard InChI is InChI=1S/C15H19NO4S/c1-11-2-3-13(15(17)12-4-5-12)10-14(11)21(18,19)16-6-8-20-9-7-16/h2-3,10,12H,4-9H2,1H3. The Morgan fingerprint density at radius 3 is 2.52 bits per heavy atom. The summed E-state index contributed by atoms with van der Waals surface area (Å²) in [6.07, 6.45) is 1.83. The fraction of sp³-hybridized carbons (Fsp3) is 0.533. The third kappa shape index (κ3) is 2.88. The molecule has 0 N–H and O–H groups in total. The highest BCUT2D eigenvalue weighted by Gasteiger charge is 2.32. The molecule has 1 saturated carbocycles. The number of aryl methyl sites for hydroxylation is 1. The second-order valence-electron chi connectivity index (χ2n) is 5.64. The van der Waals surface area contributed by atoms with Gasteiger partial charge in [0.2, 0.25) is 10.0 Å². The Bertz CT molecular complexity index is 658. The van der Waals surface area contributed by atoms with Crippen molar-refractivity contribution in [2.75, 3.05) is 26.3 Å². The van der Waals surface area contributed by atoms with Crippen molar-refractivity contribution >= 4 is 15.8 Å². The average molecular weight is 309 g/mol. The normalized spacial score (nSPS) is 20.4. The Labute approximate surface area is 124 Å². The van der Waals surface area contributed by atoms with Gasteiger partial charge in [0.1, 0.15) is 0 Å². The molecular weight excluding hydrogens is 290 g/mol. The number of carbonyl (C=O) groups is 1. The third-order valence-corrected chi connectivity index (χ3v) is 6.05. The lowest BCUT2D eigenvalue weighted by Crippen LogP contribution is -2.40. The van der Waals surface area contributed by atoms with Crippen LogP contribution in [0.15, 0.2) is 23.1 Å². The van der Waals surface area contributed by atoms with Gasteiger partial charge >= 0.3 is 0 Å². The van der Waals surface area contributed by atoms with Crippen molar-refractivity contribution < 1.29 is 17.9 Å². The van der Waals surface area contributed by atoms with E-state index >= 15 is 0 Å². The molecule has 1 aliphatic carbocycles. The van der Waals surface area contributed by atoms with Crippen molar-refractivity contribution in [3.63, 3.8) is 0 Å². The van der Waals surface area contributed by atoms with Gasteiger partial charge in [-0.15, -0.1) is 0 Å². The SMILES string of the molecule is Cc1ccc(C(=O)C2CC2)cc1S(=O)(=O)N1CCOCC1. The quantitative estimate of drug-likeness (QED) is 0.793. The van der Waals surface area contributed by atoms with Crippen LogP contribution >= 0.6 is 0 Å². The van der Waals surface area contributed by atoms with E-state index < -0.39 is 10.0 Å². The van der Waals surface area contributed by atoms with Crippen LogP contribution in [0.2, 0.25) is 0 Å². The van der Waals surface area contributed by atoms with E-state index in [-0.39, 0.29) is 16.6 Å². The van der Waals surface area contributed by atoms with Crippen molar-refractivity contribution in [1.29, 1.82) is 0 Å². The molecule has 0 unspecified atom stereocenters. The van der Waals surface area contributed by atoms with Crippen LogP contribution in [-0.2, 0) is 14.8 Å². The molecule has 21 heavy (non-hydrogen) atoms. The molecule has 2 aliphatic rings. The first-order valence-corrected chi connectivity index (χ1v) is 8.67. The highest BCUT2D eigenvalue weighted by molar-refractivity contribution is 7.89. The van der Waals surface area contributed by atoms with Crippen LogP contribution in [0, 0.1) is 12.8 Å². The topological polar surface area (TPSA) is 63.7 Å². The van der Waals surface area contributed by atoms with Crippen molar-refractivity contribution in [3.8, 4) is 0 Å². The van der Waals surface area contributed by atoms with Crippen LogP contribution in [0.1, 0.15) is 28.8 Å². The first kappa shape index (κ1) is 14.7. The van der Waals surface area contributed by atoms with Gasteiger partial charge in [0.05, 0.1) is 18.1 Å². The maximum Gasteiger partial charge on any atom is 0.243 e. The number of hydrogen-bond acceptors (Lipinski definition) is 4. The number of hydrogen-bond donors (Lipinski definition) is 0. The molecule has 0 amide bonds. The lowest BCUT2D eigenvalue weighted by atomic mass is 10.1. The van der Waals surface area contributed by atoms with Crippen molar-refractivity contribution in [2.45, 2.75) is 24.7 Å². The van der Waals surface area contributed by atoms with Gasteiger partial charge in [-0.05, 0) is 31.4 Å². The Morgan fingerprint density at radius 2 is 1.90 bits per heavy atom. The minimum Gasteiger partial charge on any atom is -0.379 e. The van der Waals surface area contributed by atoms with Gasteiger partial charge in [-0.25, -0.2) is 8.42 Å². The Morgan fingerprint density at radius 1 is 1.24 bits per heavy atom. The van der Waals surface area contributed by atoms with E-state index in [0.717, 1.165) is 12.8 Å². The maximum atomic E-state index is 12.7. The van der Waals surface area contributed by atoms with Gasteiger partial charge in [0.25, 0.3) is 0 Å². The highest BCUT2D eigenvalue weighted by atomic mass is 32.2. The Balaban J connectivity index is 1.96. The minimum atomic E-state index is -3.55. The van der Waals surface area contributed by atoms with Gasteiger partial charge in [-0.2, -0.15) is 4.31 Å².